The van der Waals surface area contributed by atoms with Crippen LogP contribution in [-0.2, 0) is 26.5 Å². The minimum absolute atomic E-state index is 0. The molecule has 0 bridgehead atoms. The SMILES string of the molecule is CC(C)(c1[c-]c(-c2[c-]cccc2)ccc1)c1[c-]c(-c2[c-]cccc2)ccc1.[Pt+4]. The first-order valence-electron chi connectivity index (χ1n) is 9.14. The molecule has 0 fully saturated rings. The van der Waals surface area contributed by atoms with Crippen molar-refractivity contribution in [2.75, 3.05) is 0 Å². The molecule has 0 saturated heterocycles. The molecule has 0 nitrogen and oxygen atoms in total. The Labute approximate surface area is 182 Å². The molecule has 0 aliphatic carbocycles. The summed E-state index contributed by atoms with van der Waals surface area (Å²) in [4.78, 5) is 0. The molecule has 0 N–H and O–H groups in total. The number of hydrogen-bond acceptors (Lipinski definition) is 0. The Balaban J connectivity index is 0.00000225. The molecule has 0 heterocycles. The van der Waals surface area contributed by atoms with Crippen LogP contribution in [0, 0.1) is 24.3 Å². The zero-order valence-electron chi connectivity index (χ0n) is 15.9. The van der Waals surface area contributed by atoms with Crippen LogP contribution in [0.25, 0.3) is 22.3 Å². The van der Waals surface area contributed by atoms with Gasteiger partial charge in [0.1, 0.15) is 0 Å². The van der Waals surface area contributed by atoms with Crippen LogP contribution < -0.4 is 0 Å². The average molecular weight is 540 g/mol. The van der Waals surface area contributed by atoms with Gasteiger partial charge in [-0.05, 0) is 5.41 Å². The second kappa shape index (κ2) is 8.72. The molecule has 0 saturated carbocycles. The van der Waals surface area contributed by atoms with Crippen molar-refractivity contribution >= 4 is 0 Å². The molecule has 0 unspecified atom stereocenters. The van der Waals surface area contributed by atoms with Gasteiger partial charge in [-0.15, -0.1) is 35.4 Å². The summed E-state index contributed by atoms with van der Waals surface area (Å²) in [6, 6.07) is 42.5. The Morgan fingerprint density at radius 3 is 1.36 bits per heavy atom. The summed E-state index contributed by atoms with van der Waals surface area (Å²) < 4.78 is 0. The van der Waals surface area contributed by atoms with Gasteiger partial charge in [0.05, 0.1) is 0 Å². The molecule has 1 heteroatoms. The van der Waals surface area contributed by atoms with Crippen LogP contribution in [0.3, 0.4) is 0 Å². The van der Waals surface area contributed by atoms with E-state index in [9.17, 15) is 0 Å². The minimum atomic E-state index is -0.213. The van der Waals surface area contributed by atoms with E-state index in [0.717, 1.165) is 33.4 Å². The molecular formula is C27H20Pt. The van der Waals surface area contributed by atoms with Crippen molar-refractivity contribution in [2.24, 2.45) is 0 Å². The fourth-order valence-electron chi connectivity index (χ4n) is 3.25. The van der Waals surface area contributed by atoms with Crippen molar-refractivity contribution < 1.29 is 21.1 Å². The fraction of sp³-hybridized carbons (Fsp3) is 0.111. The van der Waals surface area contributed by atoms with Crippen molar-refractivity contribution in [3.05, 3.63) is 120 Å². The van der Waals surface area contributed by atoms with Crippen LogP contribution in [0.4, 0.5) is 0 Å². The third-order valence-corrected chi connectivity index (χ3v) is 4.94. The summed E-state index contributed by atoms with van der Waals surface area (Å²) in [5, 5.41) is 0. The molecule has 4 rings (SSSR count). The molecule has 0 aliphatic rings. The van der Waals surface area contributed by atoms with E-state index < -0.39 is 0 Å². The van der Waals surface area contributed by atoms with Gasteiger partial charge in [-0.2, -0.15) is 84.9 Å². The molecule has 0 atom stereocenters. The topological polar surface area (TPSA) is 0 Å². The third kappa shape index (κ3) is 4.18. The Morgan fingerprint density at radius 1 is 0.536 bits per heavy atom. The molecule has 0 spiro atoms. The van der Waals surface area contributed by atoms with Gasteiger partial charge in [-0.1, -0.05) is 13.8 Å². The van der Waals surface area contributed by atoms with Gasteiger partial charge in [0.25, 0.3) is 0 Å². The largest absolute Gasteiger partial charge is 4.00 e. The molecule has 0 amide bonds. The van der Waals surface area contributed by atoms with E-state index in [0.29, 0.717) is 0 Å². The van der Waals surface area contributed by atoms with Gasteiger partial charge in [0.2, 0.25) is 0 Å². The summed E-state index contributed by atoms with van der Waals surface area (Å²) in [6.45, 7) is 4.45. The summed E-state index contributed by atoms with van der Waals surface area (Å²) >= 11 is 0. The molecule has 0 aromatic heterocycles. The molecular weight excluding hydrogens is 519 g/mol. The van der Waals surface area contributed by atoms with E-state index in [4.69, 9.17) is 0 Å². The number of benzene rings is 4. The smallest absolute Gasteiger partial charge is 0.226 e. The van der Waals surface area contributed by atoms with Crippen LogP contribution in [0.5, 0.6) is 0 Å². The average Bonchev–Trinajstić information content (AvgIpc) is 2.75. The second-order valence-corrected chi connectivity index (χ2v) is 7.13. The molecule has 28 heavy (non-hydrogen) atoms. The molecule has 0 radical (unpaired) electrons. The van der Waals surface area contributed by atoms with E-state index in [1.165, 1.54) is 0 Å². The summed E-state index contributed by atoms with van der Waals surface area (Å²) in [7, 11) is 0. The Bertz CT molecular complexity index is 949. The summed E-state index contributed by atoms with van der Waals surface area (Å²) in [6.07, 6.45) is 0. The van der Waals surface area contributed by atoms with E-state index in [-0.39, 0.29) is 26.5 Å². The first kappa shape index (κ1) is 20.3. The van der Waals surface area contributed by atoms with Crippen LogP contribution in [0.2, 0.25) is 0 Å². The van der Waals surface area contributed by atoms with E-state index in [1.54, 1.807) is 0 Å². The third-order valence-electron chi connectivity index (χ3n) is 4.94. The summed E-state index contributed by atoms with van der Waals surface area (Å²) in [5.41, 5.74) is 6.32. The van der Waals surface area contributed by atoms with Crippen LogP contribution >= 0.6 is 0 Å². The standard InChI is InChI=1S/C27H20.Pt/c1-27(2,25-17-9-15-23(19-25)21-11-5-3-6-12-21)26-18-10-16-24(20-26)22-13-7-4-8-14-22;/h3-11,13,15-18H,1-2H3;/q-4;+4. The van der Waals surface area contributed by atoms with Crippen molar-refractivity contribution in [1.29, 1.82) is 0 Å². The van der Waals surface area contributed by atoms with Crippen molar-refractivity contribution in [1.82, 2.24) is 0 Å². The normalized spacial score (nSPS) is 10.9. The van der Waals surface area contributed by atoms with Crippen molar-refractivity contribution in [3.63, 3.8) is 0 Å². The van der Waals surface area contributed by atoms with Gasteiger partial charge in [-0.3, -0.25) is 0 Å². The maximum Gasteiger partial charge on any atom is 4.00 e. The van der Waals surface area contributed by atoms with Crippen LogP contribution in [-0.4, -0.2) is 0 Å². The van der Waals surface area contributed by atoms with E-state index in [1.807, 2.05) is 36.4 Å². The molecule has 138 valence electrons. The van der Waals surface area contributed by atoms with Gasteiger partial charge in [-0.25, -0.2) is 22.3 Å². The molecule has 0 aliphatic heterocycles. The van der Waals surface area contributed by atoms with Crippen LogP contribution in [0.1, 0.15) is 25.0 Å². The Morgan fingerprint density at radius 2 is 0.964 bits per heavy atom. The Hall–Kier alpha value is -2.43. The number of rotatable bonds is 4. The van der Waals surface area contributed by atoms with Gasteiger partial charge < -0.3 is 0 Å². The fourth-order valence-corrected chi connectivity index (χ4v) is 3.25. The van der Waals surface area contributed by atoms with Crippen molar-refractivity contribution in [2.45, 2.75) is 19.3 Å². The maximum absolute atomic E-state index is 3.60. The van der Waals surface area contributed by atoms with Gasteiger partial charge in [0, 0.05) is 0 Å². The zero-order chi connectivity index (χ0) is 18.7. The number of hydrogen-bond donors (Lipinski definition) is 0. The second-order valence-electron chi connectivity index (χ2n) is 7.13. The predicted octanol–water partition coefficient (Wildman–Crippen LogP) is 6.54. The van der Waals surface area contributed by atoms with E-state index in [2.05, 4.69) is 86.6 Å². The predicted molar refractivity (Wildman–Crippen MR) is 111 cm³/mol. The molecule has 4 aromatic carbocycles. The monoisotopic (exact) mass is 539 g/mol. The van der Waals surface area contributed by atoms with Gasteiger partial charge in [0.15, 0.2) is 0 Å². The quantitative estimate of drug-likeness (QED) is 0.258. The first-order chi connectivity index (χ1) is 13.1. The van der Waals surface area contributed by atoms with Gasteiger partial charge >= 0.3 is 21.1 Å². The van der Waals surface area contributed by atoms with Crippen molar-refractivity contribution in [3.8, 4) is 22.3 Å². The Kier molecular flexibility index (Phi) is 6.32. The maximum atomic E-state index is 3.60. The minimum Gasteiger partial charge on any atom is -0.226 e. The first-order valence-corrected chi connectivity index (χ1v) is 9.14. The van der Waals surface area contributed by atoms with Crippen LogP contribution in [0.15, 0.2) is 84.9 Å². The molecule has 4 aromatic rings. The van der Waals surface area contributed by atoms with E-state index >= 15 is 0 Å². The zero-order valence-corrected chi connectivity index (χ0v) is 18.2. The summed E-state index contributed by atoms with van der Waals surface area (Å²) in [5.74, 6) is 0.